The van der Waals surface area contributed by atoms with Gasteiger partial charge in [-0.25, -0.2) is 8.78 Å². The highest BCUT2D eigenvalue weighted by Gasteiger charge is 2.24. The van der Waals surface area contributed by atoms with Gasteiger partial charge < -0.3 is 14.2 Å². The Morgan fingerprint density at radius 2 is 1.36 bits per heavy atom. The number of hydrogen-bond acceptors (Lipinski definition) is 3. The normalized spacial score (nSPS) is 17.4. The second-order valence-electron chi connectivity index (χ2n) is 10.3. The fourth-order valence-corrected chi connectivity index (χ4v) is 4.87. The Hall–Kier alpha value is -2.83. The summed E-state index contributed by atoms with van der Waals surface area (Å²) in [6.45, 7) is 5.78. The van der Waals surface area contributed by atoms with E-state index in [1.165, 1.54) is 50.3 Å². The number of ether oxygens (including phenoxy) is 3. The first kappa shape index (κ1) is 29.2. The fraction of sp³-hybridized carbons (Fsp3) is 0.455. The molecule has 0 spiro atoms. The maximum absolute atomic E-state index is 15.1. The third kappa shape index (κ3) is 7.64. The first-order valence-corrected chi connectivity index (χ1v) is 14.3. The number of unbranched alkanes of at least 4 members (excludes halogenated alkanes) is 5. The molecule has 0 amide bonds. The Morgan fingerprint density at radius 1 is 0.718 bits per heavy atom. The van der Waals surface area contributed by atoms with Gasteiger partial charge in [0.25, 0.3) is 0 Å². The molecule has 0 N–H and O–H groups in total. The Balaban J connectivity index is 1.37. The second-order valence-corrected chi connectivity index (χ2v) is 10.3. The van der Waals surface area contributed by atoms with Crippen molar-refractivity contribution in [2.24, 2.45) is 5.92 Å². The molecule has 1 aliphatic rings. The molecule has 1 aliphatic heterocycles. The molecule has 6 heteroatoms. The summed E-state index contributed by atoms with van der Waals surface area (Å²) in [6.07, 6.45) is 8.42. The van der Waals surface area contributed by atoms with Crippen LogP contribution in [0.5, 0.6) is 5.75 Å². The zero-order valence-corrected chi connectivity index (χ0v) is 23.0. The average Bonchev–Trinajstić information content (AvgIpc) is 2.96. The van der Waals surface area contributed by atoms with E-state index in [9.17, 15) is 8.78 Å². The Bertz CT molecular complexity index is 1190. The van der Waals surface area contributed by atoms with Gasteiger partial charge in [-0.15, -0.1) is 0 Å². The van der Waals surface area contributed by atoms with Crippen LogP contribution in [0.2, 0.25) is 0 Å². The fourth-order valence-electron chi connectivity index (χ4n) is 4.87. The van der Waals surface area contributed by atoms with E-state index < -0.39 is 23.7 Å². The quantitative estimate of drug-likeness (QED) is 0.202. The molecular weight excluding hydrogens is 501 g/mol. The zero-order valence-electron chi connectivity index (χ0n) is 23.0. The number of hydrogen-bond donors (Lipinski definition) is 0. The minimum absolute atomic E-state index is 0.0904. The summed E-state index contributed by atoms with van der Waals surface area (Å²) in [7, 11) is 0. The molecular formula is C33H39F3O3. The molecule has 0 aromatic heterocycles. The molecule has 0 atom stereocenters. The molecule has 3 aromatic carbocycles. The van der Waals surface area contributed by atoms with Crippen molar-refractivity contribution in [2.45, 2.75) is 71.5 Å². The van der Waals surface area contributed by atoms with Gasteiger partial charge in [-0.05, 0) is 42.2 Å². The maximum Gasteiger partial charge on any atom is 0.201 e. The zero-order chi connectivity index (χ0) is 27.6. The summed E-state index contributed by atoms with van der Waals surface area (Å²) in [6, 6.07) is 14.6. The summed E-state index contributed by atoms with van der Waals surface area (Å²) in [4.78, 5) is 0. The molecule has 0 radical (unpaired) electrons. The van der Waals surface area contributed by atoms with Crippen molar-refractivity contribution in [1.82, 2.24) is 0 Å². The van der Waals surface area contributed by atoms with Crippen molar-refractivity contribution in [3.8, 4) is 28.0 Å². The third-order valence-corrected chi connectivity index (χ3v) is 7.26. The smallest absolute Gasteiger partial charge is 0.201 e. The maximum atomic E-state index is 15.1. The number of benzene rings is 3. The number of rotatable bonds is 13. The van der Waals surface area contributed by atoms with Gasteiger partial charge in [0, 0.05) is 22.6 Å². The van der Waals surface area contributed by atoms with E-state index >= 15 is 4.39 Å². The highest BCUT2D eigenvalue weighted by atomic mass is 19.2. The highest BCUT2D eigenvalue weighted by molar-refractivity contribution is 5.71. The van der Waals surface area contributed by atoms with Gasteiger partial charge in [0.15, 0.2) is 17.9 Å². The lowest BCUT2D eigenvalue weighted by Gasteiger charge is -2.29. The van der Waals surface area contributed by atoms with E-state index in [1.54, 1.807) is 30.3 Å². The Kier molecular flexibility index (Phi) is 10.9. The summed E-state index contributed by atoms with van der Waals surface area (Å²) < 4.78 is 61.6. The van der Waals surface area contributed by atoms with Gasteiger partial charge >= 0.3 is 0 Å². The van der Waals surface area contributed by atoms with Crippen LogP contribution in [-0.4, -0.2) is 19.8 Å². The largest absolute Gasteiger partial charge is 0.490 e. The van der Waals surface area contributed by atoms with Crippen molar-refractivity contribution in [2.75, 3.05) is 19.8 Å². The molecule has 0 bridgehead atoms. The van der Waals surface area contributed by atoms with Crippen LogP contribution in [-0.2, 0) is 9.47 Å². The van der Waals surface area contributed by atoms with Crippen LogP contribution in [0.15, 0.2) is 54.6 Å². The third-order valence-electron chi connectivity index (χ3n) is 7.26. The van der Waals surface area contributed by atoms with Crippen LogP contribution >= 0.6 is 0 Å². The lowest BCUT2D eigenvalue weighted by Crippen LogP contribution is -2.27. The molecule has 3 nitrogen and oxygen atoms in total. The minimum Gasteiger partial charge on any atom is -0.490 e. The second kappa shape index (κ2) is 14.5. The van der Waals surface area contributed by atoms with Crippen molar-refractivity contribution in [3.05, 3.63) is 77.6 Å². The molecule has 0 aliphatic carbocycles. The monoisotopic (exact) mass is 540 g/mol. The van der Waals surface area contributed by atoms with Crippen molar-refractivity contribution >= 4 is 0 Å². The van der Waals surface area contributed by atoms with E-state index in [2.05, 4.69) is 6.92 Å². The summed E-state index contributed by atoms with van der Waals surface area (Å²) >= 11 is 0. The van der Waals surface area contributed by atoms with Crippen molar-refractivity contribution in [1.29, 1.82) is 0 Å². The topological polar surface area (TPSA) is 27.7 Å². The van der Waals surface area contributed by atoms with Crippen LogP contribution in [0.25, 0.3) is 22.3 Å². The summed E-state index contributed by atoms with van der Waals surface area (Å²) in [5, 5.41) is 0. The van der Waals surface area contributed by atoms with Crippen LogP contribution in [0.3, 0.4) is 0 Å². The minimum atomic E-state index is -1.00. The SMILES string of the molecule is CCCCCCCC1COC(c2ccc(-c3ccc(-c4ccc(OCCCC)c(F)c4F)cc3)c(F)c2)OC1. The lowest BCUT2D eigenvalue weighted by atomic mass is 9.98. The molecule has 4 rings (SSSR count). The molecule has 0 unspecified atom stereocenters. The van der Waals surface area contributed by atoms with Gasteiger partial charge in [-0.1, -0.05) is 88.8 Å². The van der Waals surface area contributed by atoms with Crippen LogP contribution in [0.4, 0.5) is 13.2 Å². The standard InChI is InChI=1S/C33H39F3O3/c1-3-5-7-8-9-10-23-21-38-33(39-22-23)26-15-16-27(29(34)20-26)24-11-13-25(14-12-24)28-17-18-30(32(36)31(28)35)37-19-6-4-2/h11-18,20,23,33H,3-10,19,21-22H2,1-2H3. The van der Waals surface area contributed by atoms with Crippen LogP contribution in [0.1, 0.15) is 77.1 Å². The molecule has 1 fully saturated rings. The van der Waals surface area contributed by atoms with Gasteiger partial charge in [-0.3, -0.25) is 0 Å². The lowest BCUT2D eigenvalue weighted by molar-refractivity contribution is -0.206. The summed E-state index contributed by atoms with van der Waals surface area (Å²) in [5.74, 6) is -2.06. The average molecular weight is 541 g/mol. The Labute approximate surface area is 230 Å². The Morgan fingerprint density at radius 3 is 2.03 bits per heavy atom. The first-order valence-electron chi connectivity index (χ1n) is 14.3. The van der Waals surface area contributed by atoms with Crippen molar-refractivity contribution in [3.63, 3.8) is 0 Å². The van der Waals surface area contributed by atoms with Gasteiger partial charge in [0.2, 0.25) is 5.82 Å². The van der Waals surface area contributed by atoms with Gasteiger partial charge in [-0.2, -0.15) is 4.39 Å². The predicted molar refractivity (Wildman–Crippen MR) is 149 cm³/mol. The van der Waals surface area contributed by atoms with E-state index in [-0.39, 0.29) is 11.3 Å². The highest BCUT2D eigenvalue weighted by Crippen LogP contribution is 2.34. The molecule has 0 saturated carbocycles. The molecule has 1 saturated heterocycles. The first-order chi connectivity index (χ1) is 19.0. The van der Waals surface area contributed by atoms with Crippen LogP contribution < -0.4 is 4.74 Å². The predicted octanol–water partition coefficient (Wildman–Crippen LogP) is 9.64. The molecule has 3 aromatic rings. The summed E-state index contributed by atoms with van der Waals surface area (Å²) in [5.41, 5.74) is 2.32. The van der Waals surface area contributed by atoms with Gasteiger partial charge in [0.05, 0.1) is 19.8 Å². The molecule has 39 heavy (non-hydrogen) atoms. The van der Waals surface area contributed by atoms with E-state index in [0.717, 1.165) is 19.3 Å². The molecule has 1 heterocycles. The van der Waals surface area contributed by atoms with Crippen molar-refractivity contribution < 1.29 is 27.4 Å². The van der Waals surface area contributed by atoms with E-state index in [1.807, 2.05) is 13.0 Å². The van der Waals surface area contributed by atoms with Gasteiger partial charge in [0.1, 0.15) is 5.82 Å². The van der Waals surface area contributed by atoms with Crippen LogP contribution in [0, 0.1) is 23.4 Å². The van der Waals surface area contributed by atoms with E-state index in [0.29, 0.717) is 48.0 Å². The number of halogens is 3. The van der Waals surface area contributed by atoms with E-state index in [4.69, 9.17) is 14.2 Å². The molecule has 210 valence electrons.